The van der Waals surface area contributed by atoms with Crippen LogP contribution >= 0.6 is 0 Å². The molecule has 0 N–H and O–H groups in total. The summed E-state index contributed by atoms with van der Waals surface area (Å²) in [6.45, 7) is 16.0. The maximum atomic E-state index is 4.37. The first-order valence-corrected chi connectivity index (χ1v) is 12.4. The van der Waals surface area contributed by atoms with Crippen LogP contribution in [0.15, 0.2) is 121 Å². The molecule has 0 aromatic heterocycles. The number of allylic oxidation sites excluding steroid dienone is 2. The quantitative estimate of drug-likeness (QED) is 0.385. The third kappa shape index (κ3) is 4.99. The van der Waals surface area contributed by atoms with Crippen LogP contribution in [0.4, 0.5) is 0 Å². The molecule has 2 atom stereocenters. The first-order chi connectivity index (χ1) is 16.7. The van der Waals surface area contributed by atoms with E-state index in [0.717, 1.165) is 26.2 Å². The van der Waals surface area contributed by atoms with E-state index < -0.39 is 0 Å². The van der Waals surface area contributed by atoms with Crippen LogP contribution in [0.25, 0.3) is 0 Å². The second kappa shape index (κ2) is 11.3. The first-order valence-electron chi connectivity index (χ1n) is 12.4. The fourth-order valence-corrected chi connectivity index (χ4v) is 5.28. The van der Waals surface area contributed by atoms with Crippen molar-refractivity contribution < 1.29 is 0 Å². The highest BCUT2D eigenvalue weighted by Gasteiger charge is 2.39. The van der Waals surface area contributed by atoms with Crippen LogP contribution in [-0.4, -0.2) is 22.9 Å². The Hall–Kier alpha value is -3.20. The van der Waals surface area contributed by atoms with Gasteiger partial charge in [0.2, 0.25) is 0 Å². The average molecular weight is 449 g/mol. The van der Waals surface area contributed by atoms with Crippen molar-refractivity contribution in [2.75, 3.05) is 13.1 Å². The van der Waals surface area contributed by atoms with Crippen molar-refractivity contribution in [2.24, 2.45) is 0 Å². The Kier molecular flexibility index (Phi) is 7.95. The maximum absolute atomic E-state index is 4.37. The van der Waals surface area contributed by atoms with E-state index in [-0.39, 0.29) is 12.1 Å². The van der Waals surface area contributed by atoms with Gasteiger partial charge in [-0.05, 0) is 33.4 Å². The molecule has 0 amide bonds. The van der Waals surface area contributed by atoms with E-state index in [1.165, 1.54) is 33.4 Å². The zero-order valence-corrected chi connectivity index (χ0v) is 20.5. The summed E-state index contributed by atoms with van der Waals surface area (Å²) in [5.41, 5.74) is 8.09. The summed E-state index contributed by atoms with van der Waals surface area (Å²) < 4.78 is 0. The Morgan fingerprint density at radius 3 is 1.56 bits per heavy atom. The minimum absolute atomic E-state index is 0.223. The van der Waals surface area contributed by atoms with Crippen molar-refractivity contribution in [2.45, 2.75) is 39.0 Å². The minimum atomic E-state index is 0.223. The van der Waals surface area contributed by atoms with Gasteiger partial charge in [0, 0.05) is 26.2 Å². The molecular weight excluding hydrogens is 412 g/mol. The lowest BCUT2D eigenvalue weighted by Crippen LogP contribution is -2.38. The second-order valence-corrected chi connectivity index (χ2v) is 8.82. The van der Waals surface area contributed by atoms with Crippen LogP contribution in [-0.2, 0) is 13.1 Å². The molecule has 1 fully saturated rings. The summed E-state index contributed by atoms with van der Waals surface area (Å²) in [6.07, 6.45) is 4.00. The summed E-state index contributed by atoms with van der Waals surface area (Å²) in [6, 6.07) is 31.3. The van der Waals surface area contributed by atoms with Crippen molar-refractivity contribution in [3.8, 4) is 0 Å². The summed E-state index contributed by atoms with van der Waals surface area (Å²) >= 11 is 0. The van der Waals surface area contributed by atoms with Crippen molar-refractivity contribution in [3.05, 3.63) is 144 Å². The van der Waals surface area contributed by atoms with Crippen molar-refractivity contribution in [3.63, 3.8) is 0 Å². The molecule has 2 unspecified atom stereocenters. The normalized spacial score (nSPS) is 18.8. The number of hydrogen-bond acceptors (Lipinski definition) is 2. The summed E-state index contributed by atoms with van der Waals surface area (Å²) in [5, 5.41) is 0. The van der Waals surface area contributed by atoms with E-state index in [9.17, 15) is 0 Å². The summed E-state index contributed by atoms with van der Waals surface area (Å²) in [5.74, 6) is 0. The lowest BCUT2D eigenvalue weighted by Gasteiger charge is -2.40. The number of likely N-dealkylation sites (tertiary alicyclic amines) is 1. The van der Waals surface area contributed by atoms with Crippen LogP contribution in [0.5, 0.6) is 0 Å². The predicted molar refractivity (Wildman–Crippen MR) is 144 cm³/mol. The third-order valence-electron chi connectivity index (χ3n) is 6.77. The van der Waals surface area contributed by atoms with Crippen molar-refractivity contribution in [1.29, 1.82) is 0 Å². The highest BCUT2D eigenvalue weighted by molar-refractivity contribution is 5.40. The van der Waals surface area contributed by atoms with Gasteiger partial charge in [0.25, 0.3) is 0 Å². The zero-order chi connectivity index (χ0) is 23.9. The number of benzene rings is 3. The topological polar surface area (TPSA) is 6.48 Å². The first kappa shape index (κ1) is 23.9. The molecule has 0 spiro atoms. The lowest BCUT2D eigenvalue weighted by molar-refractivity contribution is 0.0921. The highest BCUT2D eigenvalue weighted by Crippen LogP contribution is 2.44. The van der Waals surface area contributed by atoms with E-state index in [1.807, 2.05) is 19.9 Å². The van der Waals surface area contributed by atoms with Gasteiger partial charge in [0.05, 0.1) is 12.1 Å². The zero-order valence-electron chi connectivity index (χ0n) is 20.5. The Morgan fingerprint density at radius 2 is 1.09 bits per heavy atom. The van der Waals surface area contributed by atoms with Crippen LogP contribution in [0.3, 0.4) is 0 Å². The number of rotatable bonds is 6. The molecule has 5 rings (SSSR count). The van der Waals surface area contributed by atoms with Crippen molar-refractivity contribution >= 4 is 0 Å². The van der Waals surface area contributed by atoms with Gasteiger partial charge < -0.3 is 0 Å². The monoisotopic (exact) mass is 448 g/mol. The Balaban J connectivity index is 0.00000133. The van der Waals surface area contributed by atoms with Gasteiger partial charge in [-0.2, -0.15) is 0 Å². The molecule has 2 heteroatoms. The van der Waals surface area contributed by atoms with E-state index in [0.29, 0.717) is 0 Å². The molecule has 34 heavy (non-hydrogen) atoms. The fourth-order valence-electron chi connectivity index (χ4n) is 5.28. The Morgan fingerprint density at radius 1 is 0.647 bits per heavy atom. The van der Waals surface area contributed by atoms with Crippen LogP contribution < -0.4 is 0 Å². The molecule has 0 aliphatic carbocycles. The SMILES string of the molecule is C=C/C=C1/CN(C(c2ccccc2)C(c2ccccc2)N2Cc3ccccc3C2)CC1=C.CC. The molecule has 3 aromatic rings. The van der Waals surface area contributed by atoms with Gasteiger partial charge in [0.1, 0.15) is 0 Å². The average Bonchev–Trinajstić information content (AvgIpc) is 3.48. The molecule has 3 aromatic carbocycles. The molecule has 2 aliphatic rings. The minimum Gasteiger partial charge on any atom is -0.286 e. The van der Waals surface area contributed by atoms with Gasteiger partial charge in [-0.1, -0.05) is 124 Å². The number of hydrogen-bond donors (Lipinski definition) is 0. The van der Waals surface area contributed by atoms with Gasteiger partial charge in [0.15, 0.2) is 0 Å². The fraction of sp³-hybridized carbons (Fsp3) is 0.250. The van der Waals surface area contributed by atoms with Crippen LogP contribution in [0.1, 0.15) is 48.2 Å². The summed E-state index contributed by atoms with van der Waals surface area (Å²) in [4.78, 5) is 5.24. The van der Waals surface area contributed by atoms with Gasteiger partial charge in [-0.3, -0.25) is 9.80 Å². The standard InChI is InChI=1S/C30H30N2.C2H6/c1-3-12-26-20-31(19-23(26)2)29(24-13-6-4-7-14-24)30(25-15-8-5-9-16-25)32-21-27-17-10-11-18-28(27)22-32;1-2/h3-18,29-30H,1-2,19-22H2;1-2H3/b26-12-;. The second-order valence-electron chi connectivity index (χ2n) is 8.82. The Bertz CT molecular complexity index is 1100. The number of fused-ring (bicyclic) bond motifs is 1. The number of nitrogens with zero attached hydrogens (tertiary/aromatic N) is 2. The lowest BCUT2D eigenvalue weighted by atomic mass is 9.91. The predicted octanol–water partition coefficient (Wildman–Crippen LogP) is 7.50. The Labute approximate surface area is 205 Å². The molecule has 1 saturated heterocycles. The van der Waals surface area contributed by atoms with Gasteiger partial charge >= 0.3 is 0 Å². The molecular formula is C32H36N2. The smallest absolute Gasteiger partial charge is 0.0552 e. The molecule has 174 valence electrons. The molecule has 2 aliphatic heterocycles. The molecule has 2 nitrogen and oxygen atoms in total. The largest absolute Gasteiger partial charge is 0.286 e. The van der Waals surface area contributed by atoms with Crippen molar-refractivity contribution in [1.82, 2.24) is 9.80 Å². The highest BCUT2D eigenvalue weighted by atomic mass is 15.3. The van der Waals surface area contributed by atoms with Gasteiger partial charge in [-0.15, -0.1) is 0 Å². The van der Waals surface area contributed by atoms with E-state index in [2.05, 4.69) is 114 Å². The van der Waals surface area contributed by atoms with Crippen LogP contribution in [0.2, 0.25) is 0 Å². The molecule has 0 radical (unpaired) electrons. The summed E-state index contributed by atoms with van der Waals surface area (Å²) in [7, 11) is 0. The van der Waals surface area contributed by atoms with E-state index >= 15 is 0 Å². The third-order valence-corrected chi connectivity index (χ3v) is 6.77. The molecule has 0 saturated carbocycles. The molecule has 0 bridgehead atoms. The van der Waals surface area contributed by atoms with E-state index in [1.54, 1.807) is 0 Å². The molecule has 2 heterocycles. The van der Waals surface area contributed by atoms with Gasteiger partial charge in [-0.25, -0.2) is 0 Å². The maximum Gasteiger partial charge on any atom is 0.0552 e. The van der Waals surface area contributed by atoms with Crippen LogP contribution in [0, 0.1) is 0 Å². The van der Waals surface area contributed by atoms with E-state index in [4.69, 9.17) is 0 Å².